The Balaban J connectivity index is 2.65. The zero-order valence-corrected chi connectivity index (χ0v) is 11.8. The third-order valence-corrected chi connectivity index (χ3v) is 4.49. The molecule has 1 N–H and O–H groups in total. The van der Waals surface area contributed by atoms with Crippen LogP contribution in [0.2, 0.25) is 0 Å². The van der Waals surface area contributed by atoms with Crippen LogP contribution in [0.4, 0.5) is 0 Å². The van der Waals surface area contributed by atoms with Crippen LogP contribution >= 0.6 is 0 Å². The Morgan fingerprint density at radius 1 is 1.25 bits per heavy atom. The minimum atomic E-state index is 0.696. The highest BCUT2D eigenvalue weighted by atomic mass is 15.2. The molecule has 0 spiro atoms. The summed E-state index contributed by atoms with van der Waals surface area (Å²) in [4.78, 5) is 2.64. The third-order valence-electron chi connectivity index (χ3n) is 4.49. The van der Waals surface area contributed by atoms with Gasteiger partial charge in [0, 0.05) is 18.1 Å². The van der Waals surface area contributed by atoms with E-state index in [1.807, 2.05) is 0 Å². The minimum Gasteiger partial charge on any atom is -0.315 e. The maximum atomic E-state index is 3.52. The third kappa shape index (κ3) is 3.21. The van der Waals surface area contributed by atoms with Crippen LogP contribution in [-0.2, 0) is 0 Å². The molecule has 0 bridgehead atoms. The molecule has 2 heteroatoms. The normalized spacial score (nSPS) is 31.3. The highest BCUT2D eigenvalue weighted by Crippen LogP contribution is 2.29. The van der Waals surface area contributed by atoms with Crippen molar-refractivity contribution in [2.24, 2.45) is 5.92 Å². The molecule has 1 aliphatic rings. The van der Waals surface area contributed by atoms with Gasteiger partial charge in [0.1, 0.15) is 0 Å². The van der Waals surface area contributed by atoms with Crippen LogP contribution in [0, 0.1) is 5.92 Å². The second-order valence-electron chi connectivity index (χ2n) is 5.52. The van der Waals surface area contributed by atoms with Crippen molar-refractivity contribution in [2.75, 3.05) is 14.1 Å². The Morgan fingerprint density at radius 2 is 1.88 bits per heavy atom. The van der Waals surface area contributed by atoms with E-state index in [0.29, 0.717) is 6.04 Å². The molecule has 1 saturated carbocycles. The summed E-state index contributed by atoms with van der Waals surface area (Å²) in [5.41, 5.74) is 0. The van der Waals surface area contributed by atoms with E-state index in [2.05, 4.69) is 45.1 Å². The molecule has 16 heavy (non-hydrogen) atoms. The van der Waals surface area contributed by atoms with Gasteiger partial charge in [0.2, 0.25) is 0 Å². The van der Waals surface area contributed by atoms with E-state index in [1.54, 1.807) is 0 Å². The first-order valence-electron chi connectivity index (χ1n) is 7.03. The Labute approximate surface area is 102 Å². The molecule has 0 aliphatic heterocycles. The topological polar surface area (TPSA) is 15.3 Å². The second kappa shape index (κ2) is 6.61. The van der Waals surface area contributed by atoms with Crippen molar-refractivity contribution >= 4 is 0 Å². The minimum absolute atomic E-state index is 0.696. The van der Waals surface area contributed by atoms with E-state index < -0.39 is 0 Å². The van der Waals surface area contributed by atoms with E-state index in [9.17, 15) is 0 Å². The van der Waals surface area contributed by atoms with Crippen molar-refractivity contribution in [1.82, 2.24) is 10.2 Å². The first-order chi connectivity index (χ1) is 7.63. The summed E-state index contributed by atoms with van der Waals surface area (Å²) < 4.78 is 0. The summed E-state index contributed by atoms with van der Waals surface area (Å²) in [6.45, 7) is 7.02. The molecule has 0 radical (unpaired) electrons. The van der Waals surface area contributed by atoms with E-state index in [1.165, 1.54) is 32.1 Å². The average Bonchev–Trinajstić information content (AvgIpc) is 2.30. The Bertz CT molecular complexity index is 189. The molecular formula is C14H30N2. The molecule has 1 rings (SSSR count). The number of likely N-dealkylation sites (N-methyl/N-ethyl adjacent to an activating group) is 2. The molecule has 96 valence electrons. The fourth-order valence-corrected chi connectivity index (χ4v) is 3.27. The quantitative estimate of drug-likeness (QED) is 0.775. The molecule has 3 atom stereocenters. The van der Waals surface area contributed by atoms with Crippen LogP contribution in [0.1, 0.15) is 52.9 Å². The van der Waals surface area contributed by atoms with Gasteiger partial charge in [-0.3, -0.25) is 4.90 Å². The lowest BCUT2D eigenvalue weighted by molar-refractivity contribution is 0.0862. The van der Waals surface area contributed by atoms with Gasteiger partial charge in [-0.1, -0.05) is 20.8 Å². The van der Waals surface area contributed by atoms with Crippen LogP contribution in [0.25, 0.3) is 0 Å². The van der Waals surface area contributed by atoms with Crippen LogP contribution in [-0.4, -0.2) is 37.1 Å². The molecule has 0 amide bonds. The zero-order chi connectivity index (χ0) is 12.1. The molecule has 0 aromatic rings. The highest BCUT2D eigenvalue weighted by molar-refractivity contribution is 4.90. The standard InChI is InChI=1S/C14H30N2/c1-6-12(7-2)16(5)14-10-11(3)8-9-13(14)15-4/h11-15H,6-10H2,1-5H3. The number of rotatable bonds is 5. The lowest BCUT2D eigenvalue weighted by atomic mass is 9.82. The Hall–Kier alpha value is -0.0800. The summed E-state index contributed by atoms with van der Waals surface area (Å²) in [7, 11) is 4.44. The van der Waals surface area contributed by atoms with Gasteiger partial charge in [-0.25, -0.2) is 0 Å². The molecule has 0 heterocycles. The maximum absolute atomic E-state index is 3.52. The highest BCUT2D eigenvalue weighted by Gasteiger charge is 2.32. The number of hydrogen-bond acceptors (Lipinski definition) is 2. The number of hydrogen-bond donors (Lipinski definition) is 1. The summed E-state index contributed by atoms with van der Waals surface area (Å²) in [6, 6.07) is 2.19. The van der Waals surface area contributed by atoms with Crippen molar-refractivity contribution in [3.8, 4) is 0 Å². The maximum Gasteiger partial charge on any atom is 0.0251 e. The monoisotopic (exact) mass is 226 g/mol. The van der Waals surface area contributed by atoms with Crippen molar-refractivity contribution in [3.63, 3.8) is 0 Å². The van der Waals surface area contributed by atoms with Gasteiger partial charge in [-0.05, 0) is 52.1 Å². The van der Waals surface area contributed by atoms with Crippen LogP contribution in [0.5, 0.6) is 0 Å². The smallest absolute Gasteiger partial charge is 0.0251 e. The molecule has 0 aromatic heterocycles. The van der Waals surface area contributed by atoms with Crippen LogP contribution in [0.15, 0.2) is 0 Å². The second-order valence-corrected chi connectivity index (χ2v) is 5.52. The predicted molar refractivity (Wildman–Crippen MR) is 71.8 cm³/mol. The van der Waals surface area contributed by atoms with Gasteiger partial charge in [0.25, 0.3) is 0 Å². The molecular weight excluding hydrogens is 196 g/mol. The summed E-state index contributed by atoms with van der Waals surface area (Å²) in [5, 5.41) is 3.52. The zero-order valence-electron chi connectivity index (χ0n) is 11.8. The summed E-state index contributed by atoms with van der Waals surface area (Å²) in [5.74, 6) is 0.895. The number of nitrogens with zero attached hydrogens (tertiary/aromatic N) is 1. The molecule has 1 fully saturated rings. The van der Waals surface area contributed by atoms with Crippen molar-refractivity contribution < 1.29 is 0 Å². The Morgan fingerprint density at radius 3 is 2.38 bits per heavy atom. The van der Waals surface area contributed by atoms with Gasteiger partial charge < -0.3 is 5.32 Å². The molecule has 0 aromatic carbocycles. The van der Waals surface area contributed by atoms with E-state index in [-0.39, 0.29) is 0 Å². The molecule has 0 saturated heterocycles. The van der Waals surface area contributed by atoms with Crippen molar-refractivity contribution in [2.45, 2.75) is 71.0 Å². The number of nitrogens with one attached hydrogen (secondary N) is 1. The fraction of sp³-hybridized carbons (Fsp3) is 1.00. The van der Waals surface area contributed by atoms with E-state index >= 15 is 0 Å². The van der Waals surface area contributed by atoms with Gasteiger partial charge >= 0.3 is 0 Å². The summed E-state index contributed by atoms with van der Waals surface area (Å²) >= 11 is 0. The van der Waals surface area contributed by atoms with Crippen LogP contribution < -0.4 is 5.32 Å². The molecule has 2 nitrogen and oxygen atoms in total. The predicted octanol–water partition coefficient (Wildman–Crippen LogP) is 2.88. The van der Waals surface area contributed by atoms with Gasteiger partial charge in [0.05, 0.1) is 0 Å². The lowest BCUT2D eigenvalue weighted by Gasteiger charge is -2.43. The fourth-order valence-electron chi connectivity index (χ4n) is 3.27. The van der Waals surface area contributed by atoms with E-state index in [4.69, 9.17) is 0 Å². The molecule has 1 aliphatic carbocycles. The first kappa shape index (κ1) is 14.0. The van der Waals surface area contributed by atoms with Crippen molar-refractivity contribution in [1.29, 1.82) is 0 Å². The van der Waals surface area contributed by atoms with Gasteiger partial charge in [-0.15, -0.1) is 0 Å². The van der Waals surface area contributed by atoms with Gasteiger partial charge in [-0.2, -0.15) is 0 Å². The van der Waals surface area contributed by atoms with Gasteiger partial charge in [0.15, 0.2) is 0 Å². The molecule has 3 unspecified atom stereocenters. The first-order valence-corrected chi connectivity index (χ1v) is 7.03. The van der Waals surface area contributed by atoms with E-state index in [0.717, 1.165) is 18.0 Å². The summed E-state index contributed by atoms with van der Waals surface area (Å²) in [6.07, 6.45) is 6.63. The van der Waals surface area contributed by atoms with Crippen LogP contribution in [0.3, 0.4) is 0 Å². The Kier molecular flexibility index (Phi) is 5.77. The largest absolute Gasteiger partial charge is 0.315 e. The van der Waals surface area contributed by atoms with Crippen molar-refractivity contribution in [3.05, 3.63) is 0 Å². The average molecular weight is 226 g/mol. The SMILES string of the molecule is CCC(CC)N(C)C1CC(C)CCC1NC. The lowest BCUT2D eigenvalue weighted by Crippen LogP contribution is -2.53.